The smallest absolute Gasteiger partial charge is 0.312 e. The summed E-state index contributed by atoms with van der Waals surface area (Å²) in [6, 6.07) is 7.20. The molecule has 0 atom stereocenters. The van der Waals surface area contributed by atoms with Crippen LogP contribution in [0.3, 0.4) is 0 Å². The predicted molar refractivity (Wildman–Crippen MR) is 94.6 cm³/mol. The fourth-order valence-electron chi connectivity index (χ4n) is 3.23. The van der Waals surface area contributed by atoms with Gasteiger partial charge in [-0.1, -0.05) is 39.3 Å². The van der Waals surface area contributed by atoms with Gasteiger partial charge in [-0.3, -0.25) is 4.79 Å². The minimum absolute atomic E-state index is 0.150. The highest BCUT2D eigenvalue weighted by Crippen LogP contribution is 2.38. The highest BCUT2D eigenvalue weighted by atomic mass is 16.6. The standard InChI is InChI=1S/C20H32O3/c1-8-13-20(6,7)23-17(22)19(4,5)14-18(2,3)15-9-11-16(21)12-10-15/h9-12,21H,8,13-14H2,1-7H3. The van der Waals surface area contributed by atoms with Crippen molar-refractivity contribution in [2.24, 2.45) is 5.41 Å². The van der Waals surface area contributed by atoms with Gasteiger partial charge in [-0.2, -0.15) is 0 Å². The van der Waals surface area contributed by atoms with Gasteiger partial charge in [-0.15, -0.1) is 0 Å². The number of hydrogen-bond donors (Lipinski definition) is 1. The number of esters is 1. The molecule has 0 aliphatic carbocycles. The Kier molecular flexibility index (Phi) is 5.89. The third-order valence-corrected chi connectivity index (χ3v) is 4.31. The van der Waals surface area contributed by atoms with Crippen LogP contribution in [0.1, 0.15) is 73.3 Å². The zero-order valence-electron chi connectivity index (χ0n) is 15.7. The molecule has 3 heteroatoms. The molecule has 130 valence electrons. The van der Waals surface area contributed by atoms with Crippen LogP contribution in [0.15, 0.2) is 24.3 Å². The van der Waals surface area contributed by atoms with Crippen molar-refractivity contribution in [1.82, 2.24) is 0 Å². The fourth-order valence-corrected chi connectivity index (χ4v) is 3.23. The van der Waals surface area contributed by atoms with Crippen LogP contribution in [-0.2, 0) is 14.9 Å². The average Bonchev–Trinajstić information content (AvgIpc) is 2.37. The molecule has 3 nitrogen and oxygen atoms in total. The molecule has 1 aromatic rings. The van der Waals surface area contributed by atoms with Gasteiger partial charge in [-0.25, -0.2) is 0 Å². The lowest BCUT2D eigenvalue weighted by Crippen LogP contribution is -2.39. The van der Waals surface area contributed by atoms with Crippen molar-refractivity contribution >= 4 is 5.97 Å². The van der Waals surface area contributed by atoms with E-state index in [1.54, 1.807) is 12.1 Å². The quantitative estimate of drug-likeness (QED) is 0.702. The van der Waals surface area contributed by atoms with E-state index >= 15 is 0 Å². The van der Waals surface area contributed by atoms with Gasteiger partial charge >= 0.3 is 5.97 Å². The highest BCUT2D eigenvalue weighted by molar-refractivity contribution is 5.76. The summed E-state index contributed by atoms with van der Waals surface area (Å²) >= 11 is 0. The largest absolute Gasteiger partial charge is 0.508 e. The molecule has 1 rings (SSSR count). The van der Waals surface area contributed by atoms with Crippen molar-refractivity contribution in [3.63, 3.8) is 0 Å². The average molecular weight is 320 g/mol. The molecule has 0 bridgehead atoms. The van der Waals surface area contributed by atoms with Gasteiger partial charge in [0.05, 0.1) is 5.41 Å². The molecule has 0 amide bonds. The van der Waals surface area contributed by atoms with Gasteiger partial charge in [0.2, 0.25) is 0 Å². The molecule has 0 fully saturated rings. The third-order valence-electron chi connectivity index (χ3n) is 4.31. The van der Waals surface area contributed by atoms with Crippen LogP contribution in [0.25, 0.3) is 0 Å². The second-order valence-corrected chi connectivity index (χ2v) is 8.39. The maximum absolute atomic E-state index is 12.7. The minimum Gasteiger partial charge on any atom is -0.508 e. The van der Waals surface area contributed by atoms with Crippen molar-refractivity contribution in [2.45, 2.75) is 78.7 Å². The summed E-state index contributed by atoms with van der Waals surface area (Å²) in [6.07, 6.45) is 2.52. The molecule has 0 unspecified atom stereocenters. The van der Waals surface area contributed by atoms with Crippen LogP contribution in [0, 0.1) is 5.41 Å². The molecular formula is C20H32O3. The lowest BCUT2D eigenvalue weighted by Gasteiger charge is -2.36. The summed E-state index contributed by atoms with van der Waals surface area (Å²) in [7, 11) is 0. The first-order valence-corrected chi connectivity index (χ1v) is 8.43. The topological polar surface area (TPSA) is 46.5 Å². The van der Waals surface area contributed by atoms with Gasteiger partial charge in [0.1, 0.15) is 11.4 Å². The first-order chi connectivity index (χ1) is 10.4. The molecule has 1 N–H and O–H groups in total. The fraction of sp³-hybridized carbons (Fsp3) is 0.650. The van der Waals surface area contributed by atoms with Crippen LogP contribution >= 0.6 is 0 Å². The van der Waals surface area contributed by atoms with E-state index in [-0.39, 0.29) is 17.1 Å². The summed E-state index contributed by atoms with van der Waals surface area (Å²) in [5, 5.41) is 9.45. The van der Waals surface area contributed by atoms with E-state index in [9.17, 15) is 9.90 Å². The Bertz CT molecular complexity index is 524. The number of phenols is 1. The Morgan fingerprint density at radius 1 is 1.04 bits per heavy atom. The van der Waals surface area contributed by atoms with Crippen molar-refractivity contribution in [3.8, 4) is 5.75 Å². The second kappa shape index (κ2) is 6.94. The molecular weight excluding hydrogens is 288 g/mol. The molecule has 0 heterocycles. The van der Waals surface area contributed by atoms with Crippen LogP contribution < -0.4 is 0 Å². The van der Waals surface area contributed by atoms with Gasteiger partial charge in [-0.05, 0) is 63.6 Å². The summed E-state index contributed by atoms with van der Waals surface area (Å²) in [4.78, 5) is 12.7. The Hall–Kier alpha value is -1.51. The van der Waals surface area contributed by atoms with Crippen LogP contribution in [0.5, 0.6) is 5.75 Å². The SMILES string of the molecule is CCCC(C)(C)OC(=O)C(C)(C)CC(C)(C)c1ccc(O)cc1. The first kappa shape index (κ1) is 19.5. The maximum Gasteiger partial charge on any atom is 0.312 e. The predicted octanol–water partition coefficient (Wildman–Crippen LogP) is 5.21. The summed E-state index contributed by atoms with van der Waals surface area (Å²) in [5.41, 5.74) is -0.0903. The van der Waals surface area contributed by atoms with Gasteiger partial charge in [0.25, 0.3) is 0 Å². The van der Waals surface area contributed by atoms with E-state index in [0.29, 0.717) is 6.42 Å². The maximum atomic E-state index is 12.7. The van der Waals surface area contributed by atoms with Crippen LogP contribution in [-0.4, -0.2) is 16.7 Å². The lowest BCUT2D eigenvalue weighted by atomic mass is 9.71. The molecule has 0 aliphatic heterocycles. The van der Waals surface area contributed by atoms with Gasteiger partial charge in [0, 0.05) is 0 Å². The third kappa shape index (κ3) is 5.56. The van der Waals surface area contributed by atoms with Crippen molar-refractivity contribution in [1.29, 1.82) is 0 Å². The number of carbonyl (C=O) groups is 1. The van der Waals surface area contributed by atoms with Gasteiger partial charge in [0.15, 0.2) is 0 Å². The lowest BCUT2D eigenvalue weighted by molar-refractivity contribution is -0.169. The van der Waals surface area contributed by atoms with E-state index < -0.39 is 11.0 Å². The first-order valence-electron chi connectivity index (χ1n) is 8.43. The summed E-state index contributed by atoms with van der Waals surface area (Å²) in [5.74, 6) is 0.104. The Morgan fingerprint density at radius 2 is 1.57 bits per heavy atom. The van der Waals surface area contributed by atoms with E-state index in [0.717, 1.165) is 18.4 Å². The molecule has 0 aromatic heterocycles. The van der Waals surface area contributed by atoms with Gasteiger partial charge < -0.3 is 9.84 Å². The molecule has 1 aromatic carbocycles. The number of rotatable bonds is 7. The molecule has 0 saturated carbocycles. The number of aromatic hydroxyl groups is 1. The Balaban J connectivity index is 2.87. The monoisotopic (exact) mass is 320 g/mol. The Labute approximate surface area is 141 Å². The molecule has 0 radical (unpaired) electrons. The highest BCUT2D eigenvalue weighted by Gasteiger charge is 2.39. The van der Waals surface area contributed by atoms with Crippen LogP contribution in [0.4, 0.5) is 0 Å². The summed E-state index contributed by atoms with van der Waals surface area (Å²) < 4.78 is 5.76. The van der Waals surface area contributed by atoms with Crippen LogP contribution in [0.2, 0.25) is 0 Å². The van der Waals surface area contributed by atoms with E-state index in [4.69, 9.17) is 4.74 Å². The molecule has 23 heavy (non-hydrogen) atoms. The normalized spacial score (nSPS) is 13.0. The number of ether oxygens (including phenoxy) is 1. The van der Waals surface area contributed by atoms with Crippen molar-refractivity contribution < 1.29 is 14.6 Å². The van der Waals surface area contributed by atoms with E-state index in [1.807, 2.05) is 39.8 Å². The van der Waals surface area contributed by atoms with E-state index in [1.165, 1.54) is 0 Å². The molecule has 0 spiro atoms. The zero-order valence-corrected chi connectivity index (χ0v) is 15.7. The zero-order chi connectivity index (χ0) is 17.9. The molecule has 0 aliphatic rings. The summed E-state index contributed by atoms with van der Waals surface area (Å²) in [6.45, 7) is 14.1. The number of phenolic OH excluding ortho intramolecular Hbond substituents is 1. The van der Waals surface area contributed by atoms with Crippen molar-refractivity contribution in [2.75, 3.05) is 0 Å². The Morgan fingerprint density at radius 3 is 2.04 bits per heavy atom. The van der Waals surface area contributed by atoms with E-state index in [2.05, 4.69) is 20.8 Å². The number of benzene rings is 1. The van der Waals surface area contributed by atoms with Crippen molar-refractivity contribution in [3.05, 3.63) is 29.8 Å². The number of carbonyl (C=O) groups excluding carboxylic acids is 1. The minimum atomic E-state index is -0.577. The molecule has 0 saturated heterocycles. The number of hydrogen-bond acceptors (Lipinski definition) is 3. The second-order valence-electron chi connectivity index (χ2n) is 8.39.